The summed E-state index contributed by atoms with van der Waals surface area (Å²) >= 11 is 3.73. The molecular weight excluding hydrogens is 340 g/mol. The van der Waals surface area contributed by atoms with E-state index in [1.54, 1.807) is 11.8 Å². The van der Waals surface area contributed by atoms with Crippen LogP contribution in [0.4, 0.5) is 0 Å². The number of hydrogen-bond donors (Lipinski definition) is 0. The topological polar surface area (TPSA) is 0 Å². The molecule has 3 aromatic rings. The molecule has 0 bridgehead atoms. The number of thioether (sulfide) groups is 2. The summed E-state index contributed by atoms with van der Waals surface area (Å²) in [5.41, 5.74) is 1.41. The Bertz CT molecular complexity index is 752. The molecule has 0 nitrogen and oxygen atoms in total. The molecule has 0 aromatic heterocycles. The summed E-state index contributed by atoms with van der Waals surface area (Å²) in [6.07, 6.45) is 4.58. The van der Waals surface area contributed by atoms with Gasteiger partial charge >= 0.3 is 0 Å². The fourth-order valence-electron chi connectivity index (χ4n) is 2.53. The maximum atomic E-state index is 2.35. The van der Waals surface area contributed by atoms with E-state index in [-0.39, 0.29) is 0 Å². The largest absolute Gasteiger partial charge is 0.119 e. The summed E-state index contributed by atoms with van der Waals surface area (Å²) in [5, 5.41) is 2.71. The van der Waals surface area contributed by atoms with Crippen molar-refractivity contribution in [2.24, 2.45) is 0 Å². The third kappa shape index (κ3) is 6.49. The molecule has 0 aliphatic heterocycles. The van der Waals surface area contributed by atoms with Crippen LogP contribution in [0.25, 0.3) is 0 Å². The van der Waals surface area contributed by atoms with Crippen LogP contribution in [0.3, 0.4) is 0 Å². The lowest BCUT2D eigenvalue weighted by atomic mass is 10.1. The fourth-order valence-corrected chi connectivity index (χ4v) is 4.42. The summed E-state index contributed by atoms with van der Waals surface area (Å²) in [6, 6.07) is 32.0. The molecule has 126 valence electrons. The van der Waals surface area contributed by atoms with Crippen LogP contribution >= 0.6 is 23.5 Å². The summed E-state index contributed by atoms with van der Waals surface area (Å²) in [5.74, 6) is 0. The van der Waals surface area contributed by atoms with Crippen LogP contribution in [0, 0.1) is 0 Å². The van der Waals surface area contributed by atoms with Gasteiger partial charge < -0.3 is 0 Å². The highest BCUT2D eigenvalue weighted by molar-refractivity contribution is 8.02. The van der Waals surface area contributed by atoms with Crippen molar-refractivity contribution in [3.8, 4) is 0 Å². The van der Waals surface area contributed by atoms with Gasteiger partial charge in [-0.05, 0) is 48.1 Å². The minimum atomic E-state index is 0.471. The third-order valence-corrected chi connectivity index (χ3v) is 5.91. The molecule has 3 aromatic carbocycles. The second-order valence-corrected chi connectivity index (χ2v) is 8.04. The molecule has 0 heterocycles. The molecule has 0 N–H and O–H groups in total. The monoisotopic (exact) mass is 362 g/mol. The van der Waals surface area contributed by atoms with Crippen LogP contribution < -0.4 is 0 Å². The van der Waals surface area contributed by atoms with Gasteiger partial charge in [-0.25, -0.2) is 0 Å². The first kappa shape index (κ1) is 17.9. The molecule has 0 spiro atoms. The Kier molecular flexibility index (Phi) is 7.29. The van der Waals surface area contributed by atoms with Crippen LogP contribution in [0.1, 0.15) is 12.0 Å². The Morgan fingerprint density at radius 1 is 0.680 bits per heavy atom. The average molecular weight is 363 g/mol. The van der Waals surface area contributed by atoms with Crippen molar-refractivity contribution in [3.05, 3.63) is 108 Å². The zero-order valence-corrected chi connectivity index (χ0v) is 15.8. The molecule has 1 atom stereocenters. The van der Waals surface area contributed by atoms with Gasteiger partial charge in [-0.1, -0.05) is 84.6 Å². The van der Waals surface area contributed by atoms with Crippen molar-refractivity contribution in [2.75, 3.05) is 0 Å². The maximum Gasteiger partial charge on any atom is 0.0285 e. The minimum Gasteiger partial charge on any atom is -0.119 e. The highest BCUT2D eigenvalue weighted by atomic mass is 32.2. The van der Waals surface area contributed by atoms with Gasteiger partial charge in [-0.15, -0.1) is 11.8 Å². The quantitative estimate of drug-likeness (QED) is 0.392. The van der Waals surface area contributed by atoms with Gasteiger partial charge in [0.05, 0.1) is 0 Å². The van der Waals surface area contributed by atoms with E-state index in [9.17, 15) is 0 Å². The van der Waals surface area contributed by atoms with Crippen molar-refractivity contribution in [3.63, 3.8) is 0 Å². The predicted molar refractivity (Wildman–Crippen MR) is 112 cm³/mol. The van der Waals surface area contributed by atoms with Crippen LogP contribution in [-0.4, -0.2) is 5.25 Å². The molecule has 2 heteroatoms. The molecular formula is C23H22S2. The van der Waals surface area contributed by atoms with Gasteiger partial charge in [0.1, 0.15) is 0 Å². The van der Waals surface area contributed by atoms with Crippen molar-refractivity contribution < 1.29 is 0 Å². The molecule has 0 fully saturated rings. The third-order valence-electron chi connectivity index (χ3n) is 3.83. The van der Waals surface area contributed by atoms with Crippen molar-refractivity contribution in [1.82, 2.24) is 0 Å². The zero-order chi connectivity index (χ0) is 17.2. The van der Waals surface area contributed by atoms with Gasteiger partial charge in [0.2, 0.25) is 0 Å². The number of hydrogen-bond acceptors (Lipinski definition) is 2. The van der Waals surface area contributed by atoms with Gasteiger partial charge in [-0.3, -0.25) is 0 Å². The molecule has 0 aliphatic carbocycles. The Morgan fingerprint density at radius 2 is 1.24 bits per heavy atom. The lowest BCUT2D eigenvalue weighted by Crippen LogP contribution is -2.00. The molecule has 3 rings (SSSR count). The summed E-state index contributed by atoms with van der Waals surface area (Å²) in [7, 11) is 0. The Labute approximate surface area is 159 Å². The van der Waals surface area contributed by atoms with Gasteiger partial charge in [0.25, 0.3) is 0 Å². The van der Waals surface area contributed by atoms with Crippen LogP contribution in [0.5, 0.6) is 0 Å². The van der Waals surface area contributed by atoms with Crippen molar-refractivity contribution >= 4 is 23.5 Å². The number of benzene rings is 3. The standard InChI is InChI=1S/C23H22S2/c1-4-10-20(11-5-1)16-17-23(25-22-14-8-3-9-15-22)18-19-24-21-12-6-2-7-13-21/h1-15,18-19,23H,16-17H2. The summed E-state index contributed by atoms with van der Waals surface area (Å²) in [4.78, 5) is 2.61. The Morgan fingerprint density at radius 3 is 1.88 bits per heavy atom. The Hall–Kier alpha value is -1.90. The van der Waals surface area contributed by atoms with E-state index < -0.39 is 0 Å². The molecule has 0 aliphatic rings. The second kappa shape index (κ2) is 10.2. The van der Waals surface area contributed by atoms with Gasteiger partial charge in [-0.2, -0.15) is 0 Å². The first-order valence-corrected chi connectivity index (χ1v) is 10.3. The number of aryl methyl sites for hydroxylation is 1. The van der Waals surface area contributed by atoms with Gasteiger partial charge in [0, 0.05) is 15.0 Å². The maximum absolute atomic E-state index is 2.35. The zero-order valence-electron chi connectivity index (χ0n) is 14.1. The van der Waals surface area contributed by atoms with E-state index in [4.69, 9.17) is 0 Å². The lowest BCUT2D eigenvalue weighted by molar-refractivity contribution is 0.857. The van der Waals surface area contributed by atoms with E-state index in [0.717, 1.165) is 12.8 Å². The van der Waals surface area contributed by atoms with Crippen molar-refractivity contribution in [2.45, 2.75) is 27.9 Å². The van der Waals surface area contributed by atoms with Crippen LogP contribution in [0.15, 0.2) is 112 Å². The summed E-state index contributed by atoms with van der Waals surface area (Å²) < 4.78 is 0. The van der Waals surface area contributed by atoms with E-state index >= 15 is 0 Å². The molecule has 0 radical (unpaired) electrons. The first-order chi connectivity index (χ1) is 12.4. The molecule has 0 saturated heterocycles. The van der Waals surface area contributed by atoms with E-state index in [1.165, 1.54) is 15.4 Å². The van der Waals surface area contributed by atoms with Crippen LogP contribution in [0.2, 0.25) is 0 Å². The predicted octanol–water partition coefficient (Wildman–Crippen LogP) is 7.09. The smallest absolute Gasteiger partial charge is 0.0285 e. The molecule has 1 unspecified atom stereocenters. The van der Waals surface area contributed by atoms with E-state index in [1.807, 2.05) is 11.8 Å². The number of rotatable bonds is 8. The summed E-state index contributed by atoms with van der Waals surface area (Å²) in [6.45, 7) is 0. The minimum absolute atomic E-state index is 0.471. The normalized spacial score (nSPS) is 12.3. The van der Waals surface area contributed by atoms with E-state index in [2.05, 4.69) is 102 Å². The second-order valence-electron chi connectivity index (χ2n) is 5.75. The highest BCUT2D eigenvalue weighted by Gasteiger charge is 2.07. The first-order valence-electron chi connectivity index (χ1n) is 8.54. The van der Waals surface area contributed by atoms with Crippen LogP contribution in [-0.2, 0) is 6.42 Å². The lowest BCUT2D eigenvalue weighted by Gasteiger charge is -2.13. The molecule has 0 amide bonds. The SMILES string of the molecule is C(=CC(CCc1ccccc1)Sc1ccccc1)Sc1ccccc1. The highest BCUT2D eigenvalue weighted by Crippen LogP contribution is 2.29. The average Bonchev–Trinajstić information content (AvgIpc) is 2.68. The van der Waals surface area contributed by atoms with Gasteiger partial charge in [0.15, 0.2) is 0 Å². The fraction of sp³-hybridized carbons (Fsp3) is 0.130. The molecule has 0 saturated carbocycles. The van der Waals surface area contributed by atoms with Crippen molar-refractivity contribution in [1.29, 1.82) is 0 Å². The molecule has 25 heavy (non-hydrogen) atoms. The Balaban J connectivity index is 1.63. The van der Waals surface area contributed by atoms with E-state index in [0.29, 0.717) is 5.25 Å².